The SMILES string of the molecule is O=C(Cc1ccccc1F)N1CCN(c2ccccc2Cl)CC1. The first-order valence-corrected chi connectivity index (χ1v) is 8.03. The Bertz CT molecular complexity index is 699. The van der Waals surface area contributed by atoms with Crippen LogP contribution in [0.3, 0.4) is 0 Å². The fraction of sp³-hybridized carbons (Fsp3) is 0.278. The third-order valence-electron chi connectivity index (χ3n) is 4.13. The van der Waals surface area contributed by atoms with Crippen LogP contribution < -0.4 is 4.90 Å². The zero-order valence-corrected chi connectivity index (χ0v) is 13.5. The van der Waals surface area contributed by atoms with Crippen LogP contribution >= 0.6 is 11.6 Å². The minimum atomic E-state index is -0.324. The van der Waals surface area contributed by atoms with Gasteiger partial charge in [0.05, 0.1) is 17.1 Å². The predicted molar refractivity (Wildman–Crippen MR) is 90.3 cm³/mol. The van der Waals surface area contributed by atoms with Gasteiger partial charge >= 0.3 is 0 Å². The molecule has 2 aromatic rings. The average Bonchev–Trinajstić information content (AvgIpc) is 2.57. The fourth-order valence-corrected chi connectivity index (χ4v) is 3.08. The summed E-state index contributed by atoms with van der Waals surface area (Å²) in [6, 6.07) is 14.1. The van der Waals surface area contributed by atoms with E-state index < -0.39 is 0 Å². The maximum Gasteiger partial charge on any atom is 0.227 e. The lowest BCUT2D eigenvalue weighted by Crippen LogP contribution is -2.49. The first-order chi connectivity index (χ1) is 11.1. The molecule has 1 saturated heterocycles. The van der Waals surface area contributed by atoms with Crippen molar-refractivity contribution in [3.05, 3.63) is 64.9 Å². The highest BCUT2D eigenvalue weighted by Gasteiger charge is 2.22. The van der Waals surface area contributed by atoms with E-state index in [4.69, 9.17) is 11.6 Å². The van der Waals surface area contributed by atoms with Crippen LogP contribution in [-0.2, 0) is 11.2 Å². The van der Waals surface area contributed by atoms with Gasteiger partial charge in [-0.05, 0) is 23.8 Å². The average molecular weight is 333 g/mol. The number of hydrogen-bond acceptors (Lipinski definition) is 2. The predicted octanol–water partition coefficient (Wildman–Crippen LogP) is 3.37. The van der Waals surface area contributed by atoms with Gasteiger partial charge in [-0.1, -0.05) is 41.9 Å². The molecule has 1 aliphatic rings. The van der Waals surface area contributed by atoms with Crippen molar-refractivity contribution in [2.75, 3.05) is 31.1 Å². The minimum absolute atomic E-state index is 0.0334. The number of hydrogen-bond donors (Lipinski definition) is 0. The van der Waals surface area contributed by atoms with Crippen LogP contribution in [0.5, 0.6) is 0 Å². The molecular formula is C18H18ClFN2O. The van der Waals surface area contributed by atoms with Crippen molar-refractivity contribution < 1.29 is 9.18 Å². The molecule has 0 atom stereocenters. The maximum absolute atomic E-state index is 13.7. The number of anilines is 1. The Morgan fingerprint density at radius 1 is 1.00 bits per heavy atom. The molecule has 0 radical (unpaired) electrons. The van der Waals surface area contributed by atoms with Crippen LogP contribution in [0.4, 0.5) is 10.1 Å². The summed E-state index contributed by atoms with van der Waals surface area (Å²) in [6.07, 6.45) is 0.110. The lowest BCUT2D eigenvalue weighted by Gasteiger charge is -2.36. The Hall–Kier alpha value is -2.07. The van der Waals surface area contributed by atoms with E-state index in [1.54, 1.807) is 23.1 Å². The summed E-state index contributed by atoms with van der Waals surface area (Å²) in [6.45, 7) is 2.70. The number of carbonyl (C=O) groups excluding carboxylic acids is 1. The van der Waals surface area contributed by atoms with Crippen molar-refractivity contribution >= 4 is 23.2 Å². The third-order valence-corrected chi connectivity index (χ3v) is 4.44. The van der Waals surface area contributed by atoms with E-state index in [-0.39, 0.29) is 18.1 Å². The summed E-state index contributed by atoms with van der Waals surface area (Å²) < 4.78 is 13.7. The number of amides is 1. The number of halogens is 2. The highest BCUT2D eigenvalue weighted by molar-refractivity contribution is 6.33. The van der Waals surface area contributed by atoms with Gasteiger partial charge in [-0.15, -0.1) is 0 Å². The molecule has 0 N–H and O–H groups in total. The summed E-state index contributed by atoms with van der Waals surface area (Å²) >= 11 is 6.22. The number of para-hydroxylation sites is 1. The molecule has 1 heterocycles. The molecule has 0 aromatic heterocycles. The first-order valence-electron chi connectivity index (χ1n) is 7.66. The lowest BCUT2D eigenvalue weighted by atomic mass is 10.1. The molecule has 1 amide bonds. The number of carbonyl (C=O) groups is 1. The Labute approximate surface area is 140 Å². The second-order valence-electron chi connectivity index (χ2n) is 5.59. The zero-order valence-electron chi connectivity index (χ0n) is 12.7. The second-order valence-corrected chi connectivity index (χ2v) is 5.99. The molecule has 0 bridgehead atoms. The van der Waals surface area contributed by atoms with Gasteiger partial charge in [0.1, 0.15) is 5.82 Å². The van der Waals surface area contributed by atoms with E-state index in [0.29, 0.717) is 18.7 Å². The molecular weight excluding hydrogens is 315 g/mol. The Kier molecular flexibility index (Phi) is 4.82. The Morgan fingerprint density at radius 3 is 2.35 bits per heavy atom. The number of piperazine rings is 1. The van der Waals surface area contributed by atoms with Gasteiger partial charge in [-0.3, -0.25) is 4.79 Å². The third kappa shape index (κ3) is 3.64. The van der Waals surface area contributed by atoms with Crippen LogP contribution in [0.1, 0.15) is 5.56 Å². The maximum atomic E-state index is 13.7. The van der Waals surface area contributed by atoms with Gasteiger partial charge in [0.2, 0.25) is 5.91 Å². The van der Waals surface area contributed by atoms with Gasteiger partial charge in [0.15, 0.2) is 0 Å². The standard InChI is InChI=1S/C18H18ClFN2O/c19-15-6-2-4-8-17(15)21-9-11-22(12-10-21)18(23)13-14-5-1-3-7-16(14)20/h1-8H,9-13H2. The van der Waals surface area contributed by atoms with Crippen LogP contribution in [0.15, 0.2) is 48.5 Å². The van der Waals surface area contributed by atoms with Gasteiger partial charge in [-0.2, -0.15) is 0 Å². The van der Waals surface area contributed by atoms with E-state index in [1.807, 2.05) is 24.3 Å². The van der Waals surface area contributed by atoms with Crippen LogP contribution in [0.2, 0.25) is 5.02 Å². The van der Waals surface area contributed by atoms with E-state index in [2.05, 4.69) is 4.90 Å². The van der Waals surface area contributed by atoms with Gasteiger partial charge in [-0.25, -0.2) is 4.39 Å². The van der Waals surface area contributed by atoms with Crippen molar-refractivity contribution in [2.24, 2.45) is 0 Å². The zero-order chi connectivity index (χ0) is 16.2. The van der Waals surface area contributed by atoms with Crippen LogP contribution in [0.25, 0.3) is 0 Å². The monoisotopic (exact) mass is 332 g/mol. The molecule has 1 fully saturated rings. The van der Waals surface area contributed by atoms with E-state index in [9.17, 15) is 9.18 Å². The number of benzene rings is 2. The van der Waals surface area contributed by atoms with Crippen molar-refractivity contribution in [1.29, 1.82) is 0 Å². The summed E-state index contributed by atoms with van der Waals surface area (Å²) in [4.78, 5) is 16.3. The van der Waals surface area contributed by atoms with Crippen molar-refractivity contribution in [1.82, 2.24) is 4.90 Å². The van der Waals surface area contributed by atoms with Gasteiger partial charge in [0, 0.05) is 26.2 Å². The van der Waals surface area contributed by atoms with E-state index in [0.717, 1.165) is 23.8 Å². The topological polar surface area (TPSA) is 23.6 Å². The van der Waals surface area contributed by atoms with Crippen molar-refractivity contribution in [3.63, 3.8) is 0 Å². The molecule has 0 aliphatic carbocycles. The van der Waals surface area contributed by atoms with Crippen LogP contribution in [-0.4, -0.2) is 37.0 Å². The largest absolute Gasteiger partial charge is 0.367 e. The number of nitrogens with zero attached hydrogens (tertiary/aromatic N) is 2. The summed E-state index contributed by atoms with van der Waals surface area (Å²) in [5.74, 6) is -0.357. The van der Waals surface area contributed by atoms with E-state index in [1.165, 1.54) is 6.07 Å². The molecule has 5 heteroatoms. The molecule has 3 rings (SSSR count). The molecule has 120 valence electrons. The fourth-order valence-electron chi connectivity index (χ4n) is 2.82. The molecule has 2 aromatic carbocycles. The summed E-state index contributed by atoms with van der Waals surface area (Å²) in [7, 11) is 0. The first kappa shape index (κ1) is 15.8. The van der Waals surface area contributed by atoms with Crippen molar-refractivity contribution in [2.45, 2.75) is 6.42 Å². The highest BCUT2D eigenvalue weighted by atomic mass is 35.5. The number of rotatable bonds is 3. The van der Waals surface area contributed by atoms with Gasteiger partial charge < -0.3 is 9.80 Å². The van der Waals surface area contributed by atoms with E-state index >= 15 is 0 Å². The molecule has 1 aliphatic heterocycles. The lowest BCUT2D eigenvalue weighted by molar-refractivity contribution is -0.130. The Balaban J connectivity index is 1.60. The normalized spacial score (nSPS) is 14.9. The van der Waals surface area contributed by atoms with Crippen LogP contribution in [0, 0.1) is 5.82 Å². The second kappa shape index (κ2) is 7.01. The minimum Gasteiger partial charge on any atom is -0.367 e. The quantitative estimate of drug-likeness (QED) is 0.860. The summed E-state index contributed by atoms with van der Waals surface area (Å²) in [5.41, 5.74) is 1.45. The Morgan fingerprint density at radius 2 is 1.65 bits per heavy atom. The molecule has 0 unspecified atom stereocenters. The molecule has 23 heavy (non-hydrogen) atoms. The summed E-state index contributed by atoms with van der Waals surface area (Å²) in [5, 5.41) is 0.721. The highest BCUT2D eigenvalue weighted by Crippen LogP contribution is 2.26. The van der Waals surface area contributed by atoms with Gasteiger partial charge in [0.25, 0.3) is 0 Å². The molecule has 0 saturated carbocycles. The molecule has 3 nitrogen and oxygen atoms in total. The smallest absolute Gasteiger partial charge is 0.227 e. The molecule has 0 spiro atoms. The van der Waals surface area contributed by atoms with Crippen molar-refractivity contribution in [3.8, 4) is 0 Å².